The summed E-state index contributed by atoms with van der Waals surface area (Å²) in [6.07, 6.45) is 1.45. The van der Waals surface area contributed by atoms with Gasteiger partial charge in [0.05, 0.1) is 17.4 Å². The number of allylic oxidation sites excluding steroid dienone is 1. The Hall–Kier alpha value is -2.75. The highest BCUT2D eigenvalue weighted by molar-refractivity contribution is 6.01. The second-order valence-electron chi connectivity index (χ2n) is 9.35. The van der Waals surface area contributed by atoms with Crippen LogP contribution >= 0.6 is 0 Å². The molecule has 0 amide bonds. The molecule has 30 heavy (non-hydrogen) atoms. The molecule has 158 valence electrons. The predicted molar refractivity (Wildman–Crippen MR) is 126 cm³/mol. The highest BCUT2D eigenvalue weighted by atomic mass is 16.1. The van der Waals surface area contributed by atoms with Crippen LogP contribution < -0.4 is 15.5 Å². The molecule has 1 aliphatic carbocycles. The van der Waals surface area contributed by atoms with E-state index in [9.17, 15) is 4.79 Å². The van der Waals surface area contributed by atoms with E-state index in [0.29, 0.717) is 6.42 Å². The fourth-order valence-electron chi connectivity index (χ4n) is 4.77. The SMILES string of the molecule is CCN(CC)c1ccc(C2Nc3cc(C)ccc3NC3=C2C(=O)CC(C)(C)C3)cc1. The van der Waals surface area contributed by atoms with Gasteiger partial charge in [0.25, 0.3) is 0 Å². The van der Waals surface area contributed by atoms with Crippen molar-refractivity contribution < 1.29 is 4.79 Å². The summed E-state index contributed by atoms with van der Waals surface area (Å²) in [5.41, 5.74) is 7.55. The molecule has 0 spiro atoms. The lowest BCUT2D eigenvalue weighted by Crippen LogP contribution is -2.31. The number of carbonyl (C=O) groups excluding carboxylic acids is 1. The molecule has 0 bridgehead atoms. The molecule has 2 aliphatic rings. The van der Waals surface area contributed by atoms with E-state index in [2.05, 4.69) is 92.6 Å². The van der Waals surface area contributed by atoms with E-state index in [0.717, 1.165) is 47.7 Å². The number of nitrogens with one attached hydrogen (secondary N) is 2. The van der Waals surface area contributed by atoms with Gasteiger partial charge in [-0.05, 0) is 68.0 Å². The molecule has 1 unspecified atom stereocenters. The van der Waals surface area contributed by atoms with Crippen LogP contribution in [0.15, 0.2) is 53.7 Å². The first-order valence-corrected chi connectivity index (χ1v) is 11.1. The van der Waals surface area contributed by atoms with Crippen molar-refractivity contribution in [2.24, 2.45) is 5.41 Å². The van der Waals surface area contributed by atoms with Crippen molar-refractivity contribution in [1.29, 1.82) is 0 Å². The summed E-state index contributed by atoms with van der Waals surface area (Å²) in [4.78, 5) is 15.7. The molecule has 2 aromatic rings. The lowest BCUT2D eigenvalue weighted by Gasteiger charge is -2.34. The van der Waals surface area contributed by atoms with Crippen LogP contribution in [0.1, 0.15) is 57.7 Å². The number of rotatable bonds is 4. The third-order valence-electron chi connectivity index (χ3n) is 6.32. The number of hydrogen-bond acceptors (Lipinski definition) is 4. The lowest BCUT2D eigenvalue weighted by atomic mass is 9.73. The molecule has 1 atom stereocenters. The van der Waals surface area contributed by atoms with Gasteiger partial charge in [-0.25, -0.2) is 0 Å². The van der Waals surface area contributed by atoms with Crippen molar-refractivity contribution in [2.75, 3.05) is 28.6 Å². The summed E-state index contributed by atoms with van der Waals surface area (Å²) >= 11 is 0. The molecule has 4 heteroatoms. The third kappa shape index (κ3) is 3.83. The van der Waals surface area contributed by atoms with Crippen molar-refractivity contribution in [1.82, 2.24) is 0 Å². The van der Waals surface area contributed by atoms with Crippen LogP contribution in [0.2, 0.25) is 0 Å². The Morgan fingerprint density at radius 3 is 2.37 bits per heavy atom. The zero-order valence-electron chi connectivity index (χ0n) is 18.8. The average Bonchev–Trinajstić information content (AvgIpc) is 2.85. The Balaban J connectivity index is 1.80. The minimum absolute atomic E-state index is 0.0325. The molecule has 0 fully saturated rings. The van der Waals surface area contributed by atoms with Crippen molar-refractivity contribution in [2.45, 2.75) is 53.5 Å². The fraction of sp³-hybridized carbons (Fsp3) is 0.423. The maximum atomic E-state index is 13.3. The molecule has 1 aliphatic heterocycles. The van der Waals surface area contributed by atoms with Crippen LogP contribution in [0.3, 0.4) is 0 Å². The first-order chi connectivity index (χ1) is 14.3. The first kappa shape index (κ1) is 20.5. The normalized spacial score (nSPS) is 19.9. The van der Waals surface area contributed by atoms with Gasteiger partial charge in [-0.1, -0.05) is 32.0 Å². The summed E-state index contributed by atoms with van der Waals surface area (Å²) < 4.78 is 0. The standard InChI is InChI=1S/C26H33N3O/c1-6-29(7-2)19-11-9-18(10-12-19)25-24-22(15-26(4,5)16-23(24)30)27-20-13-8-17(3)14-21(20)28-25/h8-14,25,27-28H,6-7,15-16H2,1-5H3. The van der Waals surface area contributed by atoms with Gasteiger partial charge in [-0.15, -0.1) is 0 Å². The predicted octanol–water partition coefficient (Wildman–Crippen LogP) is 6.06. The average molecular weight is 404 g/mol. The first-order valence-electron chi connectivity index (χ1n) is 11.1. The lowest BCUT2D eigenvalue weighted by molar-refractivity contribution is -0.118. The molecule has 4 rings (SSSR count). The Morgan fingerprint density at radius 1 is 1.00 bits per heavy atom. The number of benzene rings is 2. The highest BCUT2D eigenvalue weighted by Gasteiger charge is 2.38. The molecular weight excluding hydrogens is 370 g/mol. The van der Waals surface area contributed by atoms with Gasteiger partial charge in [0.15, 0.2) is 5.78 Å². The fourth-order valence-corrected chi connectivity index (χ4v) is 4.77. The topological polar surface area (TPSA) is 44.4 Å². The second kappa shape index (κ2) is 7.82. The molecule has 2 aromatic carbocycles. The molecule has 0 saturated heterocycles. The summed E-state index contributed by atoms with van der Waals surface area (Å²) in [5, 5.41) is 7.31. The molecule has 4 nitrogen and oxygen atoms in total. The Bertz CT molecular complexity index is 984. The van der Waals surface area contributed by atoms with Crippen molar-refractivity contribution in [3.63, 3.8) is 0 Å². The Kier molecular flexibility index (Phi) is 5.35. The van der Waals surface area contributed by atoms with Gasteiger partial charge < -0.3 is 15.5 Å². The van der Waals surface area contributed by atoms with Crippen LogP contribution in [0.25, 0.3) is 0 Å². The van der Waals surface area contributed by atoms with Gasteiger partial charge in [-0.3, -0.25) is 4.79 Å². The summed E-state index contributed by atoms with van der Waals surface area (Å²) in [6.45, 7) is 12.8. The quantitative estimate of drug-likeness (QED) is 0.651. The van der Waals surface area contributed by atoms with Crippen LogP contribution in [-0.4, -0.2) is 18.9 Å². The largest absolute Gasteiger partial charge is 0.372 e. The van der Waals surface area contributed by atoms with Gasteiger partial charge in [0.1, 0.15) is 0 Å². The van der Waals surface area contributed by atoms with Gasteiger partial charge in [-0.2, -0.15) is 0 Å². The van der Waals surface area contributed by atoms with E-state index in [1.807, 2.05) is 0 Å². The smallest absolute Gasteiger partial charge is 0.163 e. The maximum absolute atomic E-state index is 13.3. The van der Waals surface area contributed by atoms with E-state index in [1.165, 1.54) is 11.3 Å². The number of carbonyl (C=O) groups is 1. The number of aryl methyl sites for hydroxylation is 1. The Morgan fingerprint density at radius 2 is 1.70 bits per heavy atom. The number of ketones is 1. The zero-order chi connectivity index (χ0) is 21.5. The highest BCUT2D eigenvalue weighted by Crippen LogP contribution is 2.45. The number of nitrogens with zero attached hydrogens (tertiary/aromatic N) is 1. The van der Waals surface area contributed by atoms with Crippen LogP contribution in [0, 0.1) is 12.3 Å². The number of hydrogen-bond donors (Lipinski definition) is 2. The van der Waals surface area contributed by atoms with Gasteiger partial charge in [0.2, 0.25) is 0 Å². The second-order valence-corrected chi connectivity index (χ2v) is 9.35. The molecule has 0 aromatic heterocycles. The van der Waals surface area contributed by atoms with Crippen molar-refractivity contribution in [3.05, 3.63) is 64.9 Å². The van der Waals surface area contributed by atoms with Crippen LogP contribution in [0.4, 0.5) is 17.1 Å². The number of fused-ring (bicyclic) bond motifs is 1. The monoisotopic (exact) mass is 403 g/mol. The van der Waals surface area contributed by atoms with E-state index in [4.69, 9.17) is 0 Å². The van der Waals surface area contributed by atoms with E-state index < -0.39 is 0 Å². The molecule has 0 saturated carbocycles. The van der Waals surface area contributed by atoms with Crippen molar-refractivity contribution in [3.8, 4) is 0 Å². The number of Topliss-reactive ketones (excluding diaryl/α,β-unsaturated/α-hetero) is 1. The van der Waals surface area contributed by atoms with Crippen LogP contribution in [0.5, 0.6) is 0 Å². The zero-order valence-corrected chi connectivity index (χ0v) is 18.8. The maximum Gasteiger partial charge on any atom is 0.163 e. The molecule has 0 radical (unpaired) electrons. The number of anilines is 3. The van der Waals surface area contributed by atoms with Crippen LogP contribution in [-0.2, 0) is 4.79 Å². The summed E-state index contributed by atoms with van der Waals surface area (Å²) in [6, 6.07) is 14.9. The minimum Gasteiger partial charge on any atom is -0.372 e. The van der Waals surface area contributed by atoms with E-state index in [1.54, 1.807) is 0 Å². The Labute approximate surface area is 180 Å². The van der Waals surface area contributed by atoms with Gasteiger partial charge >= 0.3 is 0 Å². The molecule has 2 N–H and O–H groups in total. The minimum atomic E-state index is -0.148. The van der Waals surface area contributed by atoms with Gasteiger partial charge in [0, 0.05) is 36.5 Å². The third-order valence-corrected chi connectivity index (χ3v) is 6.32. The molecular formula is C26H33N3O. The summed E-state index contributed by atoms with van der Waals surface area (Å²) in [5.74, 6) is 0.239. The van der Waals surface area contributed by atoms with Crippen molar-refractivity contribution >= 4 is 22.8 Å². The molecule has 1 heterocycles. The summed E-state index contributed by atoms with van der Waals surface area (Å²) in [7, 11) is 0. The van der Waals surface area contributed by atoms with E-state index in [-0.39, 0.29) is 17.2 Å². The van der Waals surface area contributed by atoms with E-state index >= 15 is 0 Å².